The largest absolute Gasteiger partial charge is 0.310 e. The standard InChI is InChI=1S/C58H42N2/c1-5-17-45(18-6-1)51-39-41-57(55-27-15-13-25-53(51)55)59(47-21-9-3-10-22-47)49-35-31-43(32-36-49)29-30-44-33-37-50(38-34-44)60(48-23-11-4-12-24-48)58-42-40-52(46-19-7-2-8-20-46)54-26-14-16-28-56(54)58/h1-42H. The first-order valence-corrected chi connectivity index (χ1v) is 20.5. The maximum absolute atomic E-state index is 2.36. The number of anilines is 6. The molecule has 0 fully saturated rings. The SMILES string of the molecule is C(=Cc1ccc(N(c2ccccc2)c2ccc(-c3ccccc3)c3ccccc23)cc1)c1ccc(N(c2ccccc2)c2ccc(-c3ccccc3)c3ccccc23)cc1. The van der Waals surface area contributed by atoms with Crippen LogP contribution < -0.4 is 9.80 Å². The molecule has 0 unspecified atom stereocenters. The van der Waals surface area contributed by atoms with E-state index in [1.165, 1.54) is 43.8 Å². The first kappa shape index (κ1) is 36.4. The Morgan fingerprint density at radius 3 is 0.900 bits per heavy atom. The molecule has 10 aromatic rings. The molecule has 10 aromatic carbocycles. The van der Waals surface area contributed by atoms with Crippen LogP contribution in [0.5, 0.6) is 0 Å². The zero-order valence-corrected chi connectivity index (χ0v) is 33.1. The minimum absolute atomic E-state index is 1.10. The highest BCUT2D eigenvalue weighted by Crippen LogP contribution is 2.43. The fraction of sp³-hybridized carbons (Fsp3) is 0. The predicted molar refractivity (Wildman–Crippen MR) is 257 cm³/mol. The van der Waals surface area contributed by atoms with E-state index in [0.29, 0.717) is 0 Å². The van der Waals surface area contributed by atoms with Crippen molar-refractivity contribution in [2.45, 2.75) is 0 Å². The minimum atomic E-state index is 1.10. The van der Waals surface area contributed by atoms with Gasteiger partial charge in [-0.15, -0.1) is 0 Å². The highest BCUT2D eigenvalue weighted by atomic mass is 15.1. The predicted octanol–water partition coefficient (Wildman–Crippen LogP) is 16.4. The van der Waals surface area contributed by atoms with E-state index in [0.717, 1.165) is 45.3 Å². The summed E-state index contributed by atoms with van der Waals surface area (Å²) >= 11 is 0. The molecule has 0 aliphatic rings. The molecule has 0 aromatic heterocycles. The molecule has 2 nitrogen and oxygen atoms in total. The smallest absolute Gasteiger partial charge is 0.0540 e. The van der Waals surface area contributed by atoms with Gasteiger partial charge in [-0.05, 0) is 105 Å². The van der Waals surface area contributed by atoms with Crippen molar-refractivity contribution in [1.82, 2.24) is 0 Å². The molecule has 0 atom stereocenters. The number of nitrogens with zero attached hydrogens (tertiary/aromatic N) is 2. The van der Waals surface area contributed by atoms with E-state index in [4.69, 9.17) is 0 Å². The molecule has 0 bridgehead atoms. The van der Waals surface area contributed by atoms with E-state index in [1.807, 2.05) is 0 Å². The summed E-state index contributed by atoms with van der Waals surface area (Å²) in [5, 5.41) is 4.87. The van der Waals surface area contributed by atoms with Gasteiger partial charge in [-0.2, -0.15) is 0 Å². The molecule has 0 radical (unpaired) electrons. The lowest BCUT2D eigenvalue weighted by molar-refractivity contribution is 1.29. The Hall–Kier alpha value is -7.94. The van der Waals surface area contributed by atoms with Crippen LogP contribution in [0, 0.1) is 0 Å². The molecule has 0 spiro atoms. The summed E-state index contributed by atoms with van der Waals surface area (Å²) < 4.78 is 0. The van der Waals surface area contributed by atoms with Crippen LogP contribution in [0.15, 0.2) is 243 Å². The Labute approximate surface area is 352 Å². The van der Waals surface area contributed by atoms with Crippen molar-refractivity contribution in [1.29, 1.82) is 0 Å². The third-order valence-electron chi connectivity index (χ3n) is 11.3. The van der Waals surface area contributed by atoms with Crippen molar-refractivity contribution in [3.05, 3.63) is 254 Å². The van der Waals surface area contributed by atoms with Crippen molar-refractivity contribution in [2.24, 2.45) is 0 Å². The van der Waals surface area contributed by atoms with Gasteiger partial charge < -0.3 is 9.80 Å². The molecule has 0 saturated heterocycles. The van der Waals surface area contributed by atoms with Crippen LogP contribution in [-0.4, -0.2) is 0 Å². The quantitative estimate of drug-likeness (QED) is 0.128. The Morgan fingerprint density at radius 2 is 0.533 bits per heavy atom. The van der Waals surface area contributed by atoms with Gasteiger partial charge in [0, 0.05) is 33.5 Å². The van der Waals surface area contributed by atoms with Gasteiger partial charge >= 0.3 is 0 Å². The summed E-state index contributed by atoms with van der Waals surface area (Å²) in [5.41, 5.74) is 13.9. The maximum Gasteiger partial charge on any atom is 0.0540 e. The van der Waals surface area contributed by atoms with E-state index in [9.17, 15) is 0 Å². The van der Waals surface area contributed by atoms with Gasteiger partial charge in [0.15, 0.2) is 0 Å². The molecule has 0 N–H and O–H groups in total. The van der Waals surface area contributed by atoms with Crippen LogP contribution in [0.25, 0.3) is 56.0 Å². The first-order valence-electron chi connectivity index (χ1n) is 20.5. The normalized spacial score (nSPS) is 11.3. The zero-order chi connectivity index (χ0) is 40.1. The Morgan fingerprint density at radius 1 is 0.233 bits per heavy atom. The van der Waals surface area contributed by atoms with Gasteiger partial charge in [-0.3, -0.25) is 0 Å². The number of benzene rings is 10. The van der Waals surface area contributed by atoms with Crippen LogP contribution >= 0.6 is 0 Å². The van der Waals surface area contributed by atoms with Crippen LogP contribution in [0.3, 0.4) is 0 Å². The van der Waals surface area contributed by atoms with Crippen molar-refractivity contribution in [3.8, 4) is 22.3 Å². The van der Waals surface area contributed by atoms with Crippen LogP contribution in [0.2, 0.25) is 0 Å². The van der Waals surface area contributed by atoms with Crippen molar-refractivity contribution in [3.63, 3.8) is 0 Å². The van der Waals surface area contributed by atoms with Gasteiger partial charge in [-0.25, -0.2) is 0 Å². The van der Waals surface area contributed by atoms with E-state index in [2.05, 4.69) is 265 Å². The minimum Gasteiger partial charge on any atom is -0.310 e. The number of para-hydroxylation sites is 2. The van der Waals surface area contributed by atoms with Crippen LogP contribution in [0.4, 0.5) is 34.1 Å². The molecule has 0 aliphatic heterocycles. The Kier molecular flexibility index (Phi) is 10.0. The molecule has 284 valence electrons. The van der Waals surface area contributed by atoms with E-state index >= 15 is 0 Å². The average Bonchev–Trinajstić information content (AvgIpc) is 3.33. The second kappa shape index (κ2) is 16.5. The van der Waals surface area contributed by atoms with E-state index < -0.39 is 0 Å². The summed E-state index contributed by atoms with van der Waals surface area (Å²) in [6.45, 7) is 0. The van der Waals surface area contributed by atoms with Gasteiger partial charge in [0.05, 0.1) is 11.4 Å². The molecular weight excluding hydrogens is 725 g/mol. The van der Waals surface area contributed by atoms with Gasteiger partial charge in [0.1, 0.15) is 0 Å². The number of fused-ring (bicyclic) bond motifs is 2. The molecular formula is C58H42N2. The molecule has 60 heavy (non-hydrogen) atoms. The topological polar surface area (TPSA) is 6.48 Å². The lowest BCUT2D eigenvalue weighted by Gasteiger charge is -2.27. The Bertz CT molecular complexity index is 2840. The molecule has 0 saturated carbocycles. The summed E-state index contributed by atoms with van der Waals surface area (Å²) in [6.07, 6.45) is 4.39. The fourth-order valence-electron chi connectivity index (χ4n) is 8.37. The second-order valence-electron chi connectivity index (χ2n) is 14.9. The summed E-state index contributed by atoms with van der Waals surface area (Å²) in [5.74, 6) is 0. The molecule has 2 heteroatoms. The van der Waals surface area contributed by atoms with Crippen LogP contribution in [-0.2, 0) is 0 Å². The van der Waals surface area contributed by atoms with E-state index in [1.54, 1.807) is 0 Å². The highest BCUT2D eigenvalue weighted by Gasteiger charge is 2.19. The average molecular weight is 767 g/mol. The number of hydrogen-bond acceptors (Lipinski definition) is 2. The van der Waals surface area contributed by atoms with Crippen molar-refractivity contribution in [2.75, 3.05) is 9.80 Å². The first-order chi connectivity index (χ1) is 29.8. The maximum atomic E-state index is 2.36. The third-order valence-corrected chi connectivity index (χ3v) is 11.3. The summed E-state index contributed by atoms with van der Waals surface area (Å²) in [6, 6.07) is 86.8. The number of hydrogen-bond donors (Lipinski definition) is 0. The molecule has 0 aliphatic carbocycles. The van der Waals surface area contributed by atoms with Gasteiger partial charge in [-0.1, -0.05) is 194 Å². The molecule has 10 rings (SSSR count). The fourth-order valence-corrected chi connectivity index (χ4v) is 8.37. The van der Waals surface area contributed by atoms with Gasteiger partial charge in [0.2, 0.25) is 0 Å². The number of rotatable bonds is 10. The van der Waals surface area contributed by atoms with Crippen LogP contribution in [0.1, 0.15) is 11.1 Å². The lowest BCUT2D eigenvalue weighted by Crippen LogP contribution is -2.10. The van der Waals surface area contributed by atoms with Gasteiger partial charge in [0.25, 0.3) is 0 Å². The lowest BCUT2D eigenvalue weighted by atomic mass is 9.96. The summed E-state index contributed by atoms with van der Waals surface area (Å²) in [7, 11) is 0. The van der Waals surface area contributed by atoms with Crippen molar-refractivity contribution >= 4 is 67.8 Å². The summed E-state index contributed by atoms with van der Waals surface area (Å²) in [4.78, 5) is 4.72. The monoisotopic (exact) mass is 766 g/mol. The highest BCUT2D eigenvalue weighted by molar-refractivity contribution is 6.07. The second-order valence-corrected chi connectivity index (χ2v) is 14.9. The third kappa shape index (κ3) is 7.23. The van der Waals surface area contributed by atoms with E-state index in [-0.39, 0.29) is 0 Å². The molecule has 0 amide bonds. The Balaban J connectivity index is 0.954. The zero-order valence-electron chi connectivity index (χ0n) is 33.1. The molecule has 0 heterocycles. The van der Waals surface area contributed by atoms with Crippen molar-refractivity contribution < 1.29 is 0 Å².